The average Bonchev–Trinajstić information content (AvgIpc) is 2.31. The van der Waals surface area contributed by atoms with E-state index in [4.69, 9.17) is 0 Å². The molecule has 0 aromatic heterocycles. The van der Waals surface area contributed by atoms with Crippen molar-refractivity contribution in [2.24, 2.45) is 5.92 Å². The molecule has 2 rings (SSSR count). The molecule has 2 unspecified atom stereocenters. The molecule has 4 nitrogen and oxygen atoms in total. The Morgan fingerprint density at radius 3 is 2.68 bits per heavy atom. The molecule has 0 radical (unpaired) electrons. The molecule has 1 aliphatic heterocycles. The predicted octanol–water partition coefficient (Wildman–Crippen LogP) is 1.58. The van der Waals surface area contributed by atoms with Crippen LogP contribution in [0.15, 0.2) is 23.1 Å². The Balaban J connectivity index is 2.22. The smallest absolute Gasteiger partial charge is 0.241 e. The predicted molar refractivity (Wildman–Crippen MR) is 76.7 cm³/mol. The summed E-state index contributed by atoms with van der Waals surface area (Å²) in [6.07, 6.45) is 1.00. The van der Waals surface area contributed by atoms with Crippen molar-refractivity contribution in [1.82, 2.24) is 10.0 Å². The van der Waals surface area contributed by atoms with Crippen molar-refractivity contribution < 1.29 is 8.42 Å². The van der Waals surface area contributed by atoms with Crippen LogP contribution in [0.5, 0.6) is 0 Å². The van der Waals surface area contributed by atoms with Gasteiger partial charge in [-0.3, -0.25) is 0 Å². The number of rotatable bonds is 3. The fourth-order valence-corrected chi connectivity index (χ4v) is 4.08. The zero-order valence-corrected chi connectivity index (χ0v) is 12.5. The number of nitrogens with one attached hydrogen (secondary N) is 2. The fraction of sp³-hybridized carbons (Fsp3) is 0.571. The molecule has 1 saturated heterocycles. The molecule has 2 atom stereocenters. The number of benzene rings is 1. The van der Waals surface area contributed by atoms with Gasteiger partial charge in [0, 0.05) is 12.6 Å². The molecule has 0 bridgehead atoms. The average molecular weight is 282 g/mol. The second kappa shape index (κ2) is 5.61. The number of piperidine rings is 1. The lowest BCUT2D eigenvalue weighted by Gasteiger charge is -2.30. The Labute approximate surface area is 115 Å². The lowest BCUT2D eigenvalue weighted by atomic mass is 9.96. The maximum Gasteiger partial charge on any atom is 0.241 e. The third-order valence-electron chi connectivity index (χ3n) is 3.75. The molecule has 0 saturated carbocycles. The summed E-state index contributed by atoms with van der Waals surface area (Å²) in [5, 5.41) is 3.24. The number of sulfonamides is 1. The van der Waals surface area contributed by atoms with Gasteiger partial charge in [0.15, 0.2) is 0 Å². The highest BCUT2D eigenvalue weighted by atomic mass is 32.2. The second-order valence-electron chi connectivity index (χ2n) is 5.47. The van der Waals surface area contributed by atoms with Gasteiger partial charge in [0.25, 0.3) is 0 Å². The molecule has 0 amide bonds. The molecule has 0 aliphatic carbocycles. The van der Waals surface area contributed by atoms with Crippen LogP contribution in [-0.2, 0) is 10.0 Å². The van der Waals surface area contributed by atoms with E-state index in [1.54, 1.807) is 6.07 Å². The molecule has 19 heavy (non-hydrogen) atoms. The zero-order valence-electron chi connectivity index (χ0n) is 11.7. The van der Waals surface area contributed by atoms with Gasteiger partial charge < -0.3 is 5.32 Å². The first kappa shape index (κ1) is 14.5. The van der Waals surface area contributed by atoms with Crippen molar-refractivity contribution >= 4 is 10.0 Å². The minimum absolute atomic E-state index is 0.0283. The van der Waals surface area contributed by atoms with Crippen molar-refractivity contribution in [2.75, 3.05) is 13.1 Å². The van der Waals surface area contributed by atoms with Crippen molar-refractivity contribution in [3.05, 3.63) is 29.3 Å². The maximum absolute atomic E-state index is 12.4. The van der Waals surface area contributed by atoms with E-state index in [9.17, 15) is 8.42 Å². The molecule has 5 heteroatoms. The Bertz CT molecular complexity index is 555. The van der Waals surface area contributed by atoms with Crippen LogP contribution in [0.25, 0.3) is 0 Å². The first-order valence-electron chi connectivity index (χ1n) is 6.70. The van der Waals surface area contributed by atoms with E-state index in [0.717, 1.165) is 24.1 Å². The lowest BCUT2D eigenvalue weighted by Crippen LogP contribution is -2.50. The molecule has 0 spiro atoms. The summed E-state index contributed by atoms with van der Waals surface area (Å²) < 4.78 is 27.7. The van der Waals surface area contributed by atoms with Crippen LogP contribution < -0.4 is 10.0 Å². The van der Waals surface area contributed by atoms with Crippen LogP contribution in [0, 0.1) is 19.8 Å². The Morgan fingerprint density at radius 2 is 2.05 bits per heavy atom. The highest BCUT2D eigenvalue weighted by molar-refractivity contribution is 7.89. The normalized spacial score (nSPS) is 24.4. The zero-order chi connectivity index (χ0) is 14.0. The second-order valence-corrected chi connectivity index (χ2v) is 7.15. The van der Waals surface area contributed by atoms with E-state index >= 15 is 0 Å². The lowest BCUT2D eigenvalue weighted by molar-refractivity contribution is 0.327. The van der Waals surface area contributed by atoms with Gasteiger partial charge >= 0.3 is 0 Å². The van der Waals surface area contributed by atoms with Crippen molar-refractivity contribution in [2.45, 2.75) is 38.1 Å². The highest BCUT2D eigenvalue weighted by Gasteiger charge is 2.27. The van der Waals surface area contributed by atoms with E-state index in [1.807, 2.05) is 26.0 Å². The van der Waals surface area contributed by atoms with E-state index in [2.05, 4.69) is 17.0 Å². The standard InChI is InChI=1S/C14H22N2O2S/c1-10-4-5-14(12(3)8-10)19(17,18)16-13-9-15-7-6-11(13)2/h4-5,8,11,13,15-16H,6-7,9H2,1-3H3. The first-order chi connectivity index (χ1) is 8.90. The van der Waals surface area contributed by atoms with E-state index < -0.39 is 10.0 Å². The highest BCUT2D eigenvalue weighted by Crippen LogP contribution is 2.19. The first-order valence-corrected chi connectivity index (χ1v) is 8.19. The van der Waals surface area contributed by atoms with E-state index in [0.29, 0.717) is 17.4 Å². The fourth-order valence-electron chi connectivity index (χ4n) is 2.51. The quantitative estimate of drug-likeness (QED) is 0.885. The van der Waals surface area contributed by atoms with Crippen LogP contribution in [0.2, 0.25) is 0 Å². The van der Waals surface area contributed by atoms with Crippen molar-refractivity contribution in [3.8, 4) is 0 Å². The molecule has 2 N–H and O–H groups in total. The van der Waals surface area contributed by atoms with Gasteiger partial charge in [0.1, 0.15) is 0 Å². The monoisotopic (exact) mass is 282 g/mol. The number of aryl methyl sites for hydroxylation is 2. The largest absolute Gasteiger partial charge is 0.315 e. The molecule has 1 fully saturated rings. The van der Waals surface area contributed by atoms with Gasteiger partial charge in [-0.05, 0) is 44.4 Å². The van der Waals surface area contributed by atoms with Gasteiger partial charge in [-0.2, -0.15) is 0 Å². The Morgan fingerprint density at radius 1 is 1.32 bits per heavy atom. The summed E-state index contributed by atoms with van der Waals surface area (Å²) in [7, 11) is -3.43. The van der Waals surface area contributed by atoms with Crippen molar-refractivity contribution in [1.29, 1.82) is 0 Å². The van der Waals surface area contributed by atoms with Gasteiger partial charge in [-0.25, -0.2) is 13.1 Å². The van der Waals surface area contributed by atoms with Crippen LogP contribution in [-0.4, -0.2) is 27.5 Å². The molecule has 1 aromatic rings. The molecule has 1 heterocycles. The maximum atomic E-state index is 12.4. The van der Waals surface area contributed by atoms with Gasteiger partial charge in [0.05, 0.1) is 4.90 Å². The topological polar surface area (TPSA) is 58.2 Å². The van der Waals surface area contributed by atoms with Crippen LogP contribution in [0.1, 0.15) is 24.5 Å². The minimum atomic E-state index is -3.43. The molecular weight excluding hydrogens is 260 g/mol. The third-order valence-corrected chi connectivity index (χ3v) is 5.40. The summed E-state index contributed by atoms with van der Waals surface area (Å²) in [6, 6.07) is 5.40. The van der Waals surface area contributed by atoms with Gasteiger partial charge in [-0.1, -0.05) is 24.6 Å². The number of hydrogen-bond acceptors (Lipinski definition) is 3. The van der Waals surface area contributed by atoms with Crippen molar-refractivity contribution in [3.63, 3.8) is 0 Å². The minimum Gasteiger partial charge on any atom is -0.315 e. The van der Waals surface area contributed by atoms with Crippen LogP contribution in [0.4, 0.5) is 0 Å². The Hall–Kier alpha value is -0.910. The Kier molecular flexibility index (Phi) is 4.28. The summed E-state index contributed by atoms with van der Waals surface area (Å²) in [6.45, 7) is 7.55. The van der Waals surface area contributed by atoms with Gasteiger partial charge in [-0.15, -0.1) is 0 Å². The van der Waals surface area contributed by atoms with E-state index in [-0.39, 0.29) is 6.04 Å². The number of hydrogen-bond donors (Lipinski definition) is 2. The summed E-state index contributed by atoms with van der Waals surface area (Å²) >= 11 is 0. The molecular formula is C14H22N2O2S. The van der Waals surface area contributed by atoms with Crippen LogP contribution in [0.3, 0.4) is 0 Å². The van der Waals surface area contributed by atoms with E-state index in [1.165, 1.54) is 0 Å². The summed E-state index contributed by atoms with van der Waals surface area (Å²) in [5.41, 5.74) is 1.87. The molecule has 1 aliphatic rings. The van der Waals surface area contributed by atoms with Crippen LogP contribution >= 0.6 is 0 Å². The molecule has 1 aromatic carbocycles. The summed E-state index contributed by atoms with van der Waals surface area (Å²) in [5.74, 6) is 0.363. The SMILES string of the molecule is Cc1ccc(S(=O)(=O)NC2CNCCC2C)c(C)c1. The summed E-state index contributed by atoms with van der Waals surface area (Å²) in [4.78, 5) is 0.385. The molecule has 106 valence electrons. The third kappa shape index (κ3) is 3.35. The van der Waals surface area contributed by atoms with Gasteiger partial charge in [0.2, 0.25) is 10.0 Å².